The first-order valence-electron chi connectivity index (χ1n) is 7.18. The van der Waals surface area contributed by atoms with E-state index in [4.69, 9.17) is 11.6 Å². The molecular weight excluding hydrogens is 280 g/mol. The van der Waals surface area contributed by atoms with E-state index in [1.165, 1.54) is 11.3 Å². The lowest BCUT2D eigenvalue weighted by Crippen LogP contribution is -2.40. The van der Waals surface area contributed by atoms with Crippen LogP contribution >= 0.6 is 11.6 Å². The fourth-order valence-corrected chi connectivity index (χ4v) is 2.68. The summed E-state index contributed by atoms with van der Waals surface area (Å²) in [6, 6.07) is 19.0. The Morgan fingerprint density at radius 1 is 0.952 bits per heavy atom. The van der Waals surface area contributed by atoms with E-state index in [-0.39, 0.29) is 5.50 Å². The van der Waals surface area contributed by atoms with Gasteiger partial charge in [0.05, 0.1) is 14.1 Å². The van der Waals surface area contributed by atoms with Crippen LogP contribution in [0, 0.1) is 0 Å². The minimum Gasteiger partial charge on any atom is -0.378 e. The highest BCUT2D eigenvalue weighted by molar-refractivity contribution is 6.19. The summed E-state index contributed by atoms with van der Waals surface area (Å²) in [5.41, 5.74) is 3.62. The molecule has 0 saturated heterocycles. The smallest absolute Gasteiger partial charge is 0.190 e. The van der Waals surface area contributed by atoms with E-state index in [1.807, 2.05) is 18.2 Å². The average molecular weight is 304 g/mol. The highest BCUT2D eigenvalue weighted by atomic mass is 35.5. The molecule has 21 heavy (non-hydrogen) atoms. The molecule has 0 spiro atoms. The summed E-state index contributed by atoms with van der Waals surface area (Å²) < 4.78 is 0.715. The van der Waals surface area contributed by atoms with E-state index in [0.29, 0.717) is 4.48 Å². The van der Waals surface area contributed by atoms with E-state index < -0.39 is 0 Å². The molecule has 0 bridgehead atoms. The number of alkyl halides is 1. The lowest BCUT2D eigenvalue weighted by molar-refractivity contribution is -0.920. The second kappa shape index (κ2) is 6.50. The average Bonchev–Trinajstić information content (AvgIpc) is 2.47. The van der Waals surface area contributed by atoms with Gasteiger partial charge >= 0.3 is 0 Å². The van der Waals surface area contributed by atoms with Crippen LogP contribution in [-0.4, -0.2) is 32.7 Å². The number of anilines is 1. The first-order valence-corrected chi connectivity index (χ1v) is 7.62. The number of benzene rings is 2. The Hall–Kier alpha value is -1.51. The highest BCUT2D eigenvalue weighted by Crippen LogP contribution is 2.31. The number of rotatable bonds is 5. The van der Waals surface area contributed by atoms with Gasteiger partial charge in [-0.2, -0.15) is 0 Å². The van der Waals surface area contributed by atoms with E-state index in [9.17, 15) is 0 Å². The van der Waals surface area contributed by atoms with Gasteiger partial charge < -0.3 is 9.38 Å². The van der Waals surface area contributed by atoms with Gasteiger partial charge in [-0.1, -0.05) is 54.1 Å². The van der Waals surface area contributed by atoms with Crippen LogP contribution in [0.5, 0.6) is 0 Å². The van der Waals surface area contributed by atoms with Crippen LogP contribution in [0.1, 0.15) is 16.6 Å². The van der Waals surface area contributed by atoms with Crippen molar-refractivity contribution >= 4 is 17.3 Å². The molecule has 2 rings (SSSR count). The van der Waals surface area contributed by atoms with Crippen molar-refractivity contribution in [2.75, 3.05) is 33.1 Å². The van der Waals surface area contributed by atoms with Gasteiger partial charge in [0.2, 0.25) is 0 Å². The molecule has 3 heteroatoms. The van der Waals surface area contributed by atoms with Gasteiger partial charge in [0.1, 0.15) is 6.54 Å². The zero-order valence-corrected chi connectivity index (χ0v) is 14.0. The predicted octanol–water partition coefficient (Wildman–Crippen LogP) is 4.27. The van der Waals surface area contributed by atoms with Gasteiger partial charge in [0.15, 0.2) is 5.50 Å². The molecule has 0 aliphatic heterocycles. The SMILES string of the molecule is CN(C)c1ccc(C[N+](C)(C)C(Cl)c2ccccc2)cc1. The highest BCUT2D eigenvalue weighted by Gasteiger charge is 2.27. The van der Waals surface area contributed by atoms with Gasteiger partial charge in [-0.25, -0.2) is 0 Å². The van der Waals surface area contributed by atoms with E-state index in [1.54, 1.807) is 0 Å². The van der Waals surface area contributed by atoms with E-state index in [2.05, 4.69) is 69.5 Å². The maximum atomic E-state index is 6.69. The topological polar surface area (TPSA) is 3.24 Å². The third kappa shape index (κ3) is 3.99. The van der Waals surface area contributed by atoms with Gasteiger partial charge in [0.25, 0.3) is 0 Å². The molecule has 2 aromatic rings. The molecule has 0 fully saturated rings. The zero-order chi connectivity index (χ0) is 15.5. The molecule has 0 saturated carbocycles. The van der Waals surface area contributed by atoms with Crippen LogP contribution in [0.25, 0.3) is 0 Å². The fourth-order valence-electron chi connectivity index (χ4n) is 2.47. The lowest BCUT2D eigenvalue weighted by Gasteiger charge is -2.34. The maximum absolute atomic E-state index is 6.69. The first kappa shape index (κ1) is 15.9. The molecule has 0 aromatic heterocycles. The zero-order valence-electron chi connectivity index (χ0n) is 13.3. The Bertz CT molecular complexity index is 562. The Kier molecular flexibility index (Phi) is 4.92. The number of hydrogen-bond donors (Lipinski definition) is 0. The maximum Gasteiger partial charge on any atom is 0.190 e. The van der Waals surface area contributed by atoms with Crippen molar-refractivity contribution in [2.24, 2.45) is 0 Å². The normalized spacial score (nSPS) is 13.0. The lowest BCUT2D eigenvalue weighted by atomic mass is 10.1. The van der Waals surface area contributed by atoms with E-state index >= 15 is 0 Å². The summed E-state index contributed by atoms with van der Waals surface area (Å²) in [4.78, 5) is 2.11. The summed E-state index contributed by atoms with van der Waals surface area (Å²) in [6.07, 6.45) is 0. The van der Waals surface area contributed by atoms with Gasteiger partial charge in [-0.3, -0.25) is 0 Å². The van der Waals surface area contributed by atoms with Crippen LogP contribution in [0.3, 0.4) is 0 Å². The molecule has 1 atom stereocenters. The summed E-state index contributed by atoms with van der Waals surface area (Å²) in [7, 11) is 8.45. The van der Waals surface area contributed by atoms with Crippen molar-refractivity contribution in [1.82, 2.24) is 0 Å². The van der Waals surface area contributed by atoms with Gasteiger partial charge in [-0.05, 0) is 12.1 Å². The van der Waals surface area contributed by atoms with Crippen LogP contribution in [0.2, 0.25) is 0 Å². The summed E-state index contributed by atoms with van der Waals surface area (Å²) in [5.74, 6) is 0. The Balaban J connectivity index is 2.13. The van der Waals surface area contributed by atoms with Crippen LogP contribution in [0.15, 0.2) is 54.6 Å². The largest absolute Gasteiger partial charge is 0.378 e. The molecule has 2 aromatic carbocycles. The quantitative estimate of drug-likeness (QED) is 0.453. The summed E-state index contributed by atoms with van der Waals surface area (Å²) in [6.45, 7) is 0.900. The predicted molar refractivity (Wildman–Crippen MR) is 91.6 cm³/mol. The molecule has 0 aliphatic rings. The van der Waals surface area contributed by atoms with Crippen molar-refractivity contribution in [1.29, 1.82) is 0 Å². The van der Waals surface area contributed by atoms with Crippen molar-refractivity contribution in [3.05, 3.63) is 65.7 Å². The number of quaternary nitrogens is 1. The molecule has 2 nitrogen and oxygen atoms in total. The molecule has 0 N–H and O–H groups in total. The molecule has 1 unspecified atom stereocenters. The van der Waals surface area contributed by atoms with Crippen LogP contribution in [-0.2, 0) is 6.54 Å². The third-order valence-electron chi connectivity index (χ3n) is 3.73. The molecule has 0 amide bonds. The minimum absolute atomic E-state index is 0.0558. The van der Waals surface area contributed by atoms with Crippen LogP contribution < -0.4 is 4.90 Å². The molecule has 0 radical (unpaired) electrons. The molecule has 0 heterocycles. The first-order chi connectivity index (χ1) is 9.90. The van der Waals surface area contributed by atoms with Crippen molar-refractivity contribution in [2.45, 2.75) is 12.0 Å². The van der Waals surface area contributed by atoms with Gasteiger partial charge in [-0.15, -0.1) is 0 Å². The molecular formula is C18H24ClN2+. The van der Waals surface area contributed by atoms with Crippen molar-refractivity contribution in [3.63, 3.8) is 0 Å². The number of halogens is 1. The summed E-state index contributed by atoms with van der Waals surface area (Å²) >= 11 is 6.69. The summed E-state index contributed by atoms with van der Waals surface area (Å²) in [5, 5.41) is 0. The second-order valence-electron chi connectivity index (χ2n) is 6.24. The monoisotopic (exact) mass is 303 g/mol. The third-order valence-corrected chi connectivity index (χ3v) is 4.51. The van der Waals surface area contributed by atoms with E-state index in [0.717, 1.165) is 12.1 Å². The van der Waals surface area contributed by atoms with Crippen molar-refractivity contribution < 1.29 is 4.48 Å². The Labute approximate surface area is 133 Å². The molecule has 0 aliphatic carbocycles. The Morgan fingerprint density at radius 2 is 1.52 bits per heavy atom. The number of nitrogens with zero attached hydrogens (tertiary/aromatic N) is 2. The molecule has 112 valence electrons. The van der Waals surface area contributed by atoms with Crippen LogP contribution in [0.4, 0.5) is 5.69 Å². The minimum atomic E-state index is -0.0558. The fraction of sp³-hybridized carbons (Fsp3) is 0.333. The number of hydrogen-bond acceptors (Lipinski definition) is 1. The second-order valence-corrected chi connectivity index (χ2v) is 6.66. The van der Waals surface area contributed by atoms with Gasteiger partial charge in [0, 0.05) is 30.9 Å². The standard InChI is InChI=1S/C18H24ClN2/c1-20(2)17-12-10-15(11-13-17)14-21(3,4)18(19)16-8-6-5-7-9-16/h5-13,18H,14H2,1-4H3/q+1. The van der Waals surface area contributed by atoms with Crippen molar-refractivity contribution in [3.8, 4) is 0 Å². The Morgan fingerprint density at radius 3 is 2.05 bits per heavy atom.